The van der Waals surface area contributed by atoms with Gasteiger partial charge in [0.1, 0.15) is 0 Å². The lowest BCUT2D eigenvalue weighted by Crippen LogP contribution is -2.24. The van der Waals surface area contributed by atoms with E-state index in [-0.39, 0.29) is 23.6 Å². The highest BCUT2D eigenvalue weighted by Gasteiger charge is 2.26. The quantitative estimate of drug-likeness (QED) is 0.810. The van der Waals surface area contributed by atoms with Crippen LogP contribution in [0.1, 0.15) is 18.6 Å². The van der Waals surface area contributed by atoms with Crippen LogP contribution < -0.4 is 16.0 Å². The van der Waals surface area contributed by atoms with Gasteiger partial charge in [-0.1, -0.05) is 30.3 Å². The Morgan fingerprint density at radius 3 is 2.79 bits per heavy atom. The Morgan fingerprint density at radius 1 is 1.32 bits per heavy atom. The molecule has 6 nitrogen and oxygen atoms in total. The van der Waals surface area contributed by atoms with Crippen molar-refractivity contribution in [3.8, 4) is 5.88 Å². The minimum atomic E-state index is -0.395. The molecular weight excluding hydrogens is 244 g/mol. The van der Waals surface area contributed by atoms with Crippen molar-refractivity contribution in [1.82, 2.24) is 9.97 Å². The van der Waals surface area contributed by atoms with Crippen molar-refractivity contribution >= 4 is 17.3 Å². The number of nitrogen functional groups attached to an aromatic ring is 1. The predicted octanol–water partition coefficient (Wildman–Crippen LogP) is 1.58. The fourth-order valence-corrected chi connectivity index (χ4v) is 2.01. The third-order valence-electron chi connectivity index (χ3n) is 2.88. The van der Waals surface area contributed by atoms with Gasteiger partial charge in [-0.2, -0.15) is 4.98 Å². The molecule has 0 bridgehead atoms. The van der Waals surface area contributed by atoms with Crippen LogP contribution in [0.5, 0.6) is 5.88 Å². The summed E-state index contributed by atoms with van der Waals surface area (Å²) in [5.74, 6) is 0.186. The summed E-state index contributed by atoms with van der Waals surface area (Å²) in [4.78, 5) is 22.4. The Hall–Kier alpha value is -2.63. The van der Waals surface area contributed by atoms with Crippen molar-refractivity contribution in [2.24, 2.45) is 4.99 Å². The number of nitrogens with two attached hydrogens (primary N) is 1. The number of nitrogens with zero attached hydrogens (tertiary/aromatic N) is 2. The molecule has 0 radical (unpaired) electrons. The van der Waals surface area contributed by atoms with E-state index in [0.29, 0.717) is 5.71 Å². The van der Waals surface area contributed by atoms with Gasteiger partial charge in [0.2, 0.25) is 11.8 Å². The number of rotatable bonds is 1. The highest BCUT2D eigenvalue weighted by molar-refractivity contribution is 5.91. The Labute approximate surface area is 109 Å². The maximum absolute atomic E-state index is 11.7. The summed E-state index contributed by atoms with van der Waals surface area (Å²) < 4.78 is 5.75. The van der Waals surface area contributed by atoms with Crippen LogP contribution in [-0.2, 0) is 0 Å². The van der Waals surface area contributed by atoms with Crippen LogP contribution in [0.4, 0.5) is 11.6 Å². The number of benzene rings is 1. The summed E-state index contributed by atoms with van der Waals surface area (Å²) in [7, 11) is 0. The predicted molar refractivity (Wildman–Crippen MR) is 71.9 cm³/mol. The van der Waals surface area contributed by atoms with Crippen LogP contribution in [0.15, 0.2) is 40.1 Å². The molecule has 1 atom stereocenters. The van der Waals surface area contributed by atoms with Gasteiger partial charge in [-0.15, -0.1) is 0 Å². The van der Waals surface area contributed by atoms with Crippen LogP contribution in [-0.4, -0.2) is 15.7 Å². The Bertz CT molecular complexity index is 706. The topological polar surface area (TPSA) is 93.4 Å². The number of anilines is 1. The lowest BCUT2D eigenvalue weighted by molar-refractivity contribution is 0.257. The van der Waals surface area contributed by atoms with Crippen molar-refractivity contribution in [2.45, 2.75) is 13.0 Å². The molecule has 1 aliphatic heterocycles. The molecule has 0 fully saturated rings. The van der Waals surface area contributed by atoms with Gasteiger partial charge in [-0.25, -0.2) is 4.99 Å². The molecule has 2 heterocycles. The lowest BCUT2D eigenvalue weighted by Gasteiger charge is -2.23. The first-order valence-electron chi connectivity index (χ1n) is 5.82. The number of hydrogen-bond acceptors (Lipinski definition) is 5. The summed E-state index contributed by atoms with van der Waals surface area (Å²) in [6, 6.07) is 9.63. The summed E-state index contributed by atoms with van der Waals surface area (Å²) in [6.07, 6.45) is -0.345. The van der Waals surface area contributed by atoms with Crippen molar-refractivity contribution < 1.29 is 4.74 Å². The van der Waals surface area contributed by atoms with Gasteiger partial charge in [0, 0.05) is 0 Å². The second-order valence-corrected chi connectivity index (χ2v) is 4.27. The zero-order chi connectivity index (χ0) is 13.4. The van der Waals surface area contributed by atoms with E-state index in [0.717, 1.165) is 5.56 Å². The van der Waals surface area contributed by atoms with E-state index in [2.05, 4.69) is 15.0 Å². The maximum Gasteiger partial charge on any atom is 0.282 e. The van der Waals surface area contributed by atoms with E-state index in [1.165, 1.54) is 0 Å². The molecule has 19 heavy (non-hydrogen) atoms. The minimum absolute atomic E-state index is 0.0188. The molecule has 0 amide bonds. The molecule has 1 aliphatic rings. The van der Waals surface area contributed by atoms with Crippen molar-refractivity contribution in [1.29, 1.82) is 0 Å². The molecule has 0 saturated heterocycles. The molecule has 1 aromatic heterocycles. The largest absolute Gasteiger partial charge is 0.461 e. The zero-order valence-corrected chi connectivity index (χ0v) is 10.3. The van der Waals surface area contributed by atoms with Gasteiger partial charge in [-0.3, -0.25) is 9.78 Å². The first kappa shape index (κ1) is 11.5. The van der Waals surface area contributed by atoms with Crippen molar-refractivity contribution in [3.05, 3.63) is 46.2 Å². The van der Waals surface area contributed by atoms with Crippen LogP contribution in [0.2, 0.25) is 0 Å². The molecule has 3 rings (SSSR count). The zero-order valence-electron chi connectivity index (χ0n) is 10.3. The summed E-state index contributed by atoms with van der Waals surface area (Å²) in [5, 5.41) is 0. The molecule has 0 spiro atoms. The molecule has 1 unspecified atom stereocenters. The highest BCUT2D eigenvalue weighted by atomic mass is 16.5. The molecule has 0 saturated carbocycles. The first-order chi connectivity index (χ1) is 9.15. The summed E-state index contributed by atoms with van der Waals surface area (Å²) >= 11 is 0. The van der Waals surface area contributed by atoms with Gasteiger partial charge < -0.3 is 10.5 Å². The number of H-pyrrole nitrogens is 1. The third-order valence-corrected chi connectivity index (χ3v) is 2.88. The Kier molecular flexibility index (Phi) is 2.56. The molecule has 3 N–H and O–H groups in total. The molecule has 2 aromatic rings. The highest BCUT2D eigenvalue weighted by Crippen LogP contribution is 2.33. The molecule has 0 aliphatic carbocycles. The van der Waals surface area contributed by atoms with E-state index >= 15 is 0 Å². The number of hydrogen-bond donors (Lipinski definition) is 2. The molecule has 1 aromatic carbocycles. The molecular formula is C13H12N4O2. The number of nitrogens with one attached hydrogen (secondary N) is 1. The average Bonchev–Trinajstić information content (AvgIpc) is 2.40. The summed E-state index contributed by atoms with van der Waals surface area (Å²) in [6.45, 7) is 1.82. The smallest absolute Gasteiger partial charge is 0.282 e. The Morgan fingerprint density at radius 2 is 2.05 bits per heavy atom. The summed E-state index contributed by atoms with van der Waals surface area (Å²) in [5.41, 5.74) is 6.94. The van der Waals surface area contributed by atoms with Gasteiger partial charge in [0.25, 0.3) is 5.56 Å². The SMILES string of the molecule is CC1=Nc2c(nc(N)[nH]c2=O)OC1c1ccccc1. The number of aromatic amines is 1. The van der Waals surface area contributed by atoms with E-state index in [9.17, 15) is 4.79 Å². The fourth-order valence-electron chi connectivity index (χ4n) is 2.01. The van der Waals surface area contributed by atoms with Gasteiger partial charge in [-0.05, 0) is 12.5 Å². The molecule has 6 heteroatoms. The Balaban J connectivity index is 2.10. The number of ether oxygens (including phenoxy) is 1. The van der Waals surface area contributed by atoms with Crippen LogP contribution in [0, 0.1) is 0 Å². The second kappa shape index (κ2) is 4.24. The first-order valence-corrected chi connectivity index (χ1v) is 5.82. The van der Waals surface area contributed by atoms with Crippen LogP contribution >= 0.6 is 0 Å². The van der Waals surface area contributed by atoms with Crippen molar-refractivity contribution in [3.63, 3.8) is 0 Å². The average molecular weight is 256 g/mol. The van der Waals surface area contributed by atoms with Gasteiger partial charge in [0.05, 0.1) is 5.71 Å². The number of fused-ring (bicyclic) bond motifs is 1. The monoisotopic (exact) mass is 256 g/mol. The lowest BCUT2D eigenvalue weighted by atomic mass is 10.1. The van der Waals surface area contributed by atoms with Crippen molar-refractivity contribution in [2.75, 3.05) is 5.73 Å². The number of aromatic nitrogens is 2. The van der Waals surface area contributed by atoms with Crippen LogP contribution in [0.25, 0.3) is 0 Å². The fraction of sp³-hybridized carbons (Fsp3) is 0.154. The van der Waals surface area contributed by atoms with E-state index < -0.39 is 5.56 Å². The molecule has 96 valence electrons. The van der Waals surface area contributed by atoms with E-state index in [1.807, 2.05) is 37.3 Å². The minimum Gasteiger partial charge on any atom is -0.461 e. The van der Waals surface area contributed by atoms with Gasteiger partial charge >= 0.3 is 0 Å². The van der Waals surface area contributed by atoms with Gasteiger partial charge in [0.15, 0.2) is 11.8 Å². The number of aliphatic imine (C=N–C) groups is 1. The normalized spacial score (nSPS) is 17.3. The van der Waals surface area contributed by atoms with E-state index in [4.69, 9.17) is 10.5 Å². The maximum atomic E-state index is 11.7. The van der Waals surface area contributed by atoms with Crippen LogP contribution in [0.3, 0.4) is 0 Å². The second-order valence-electron chi connectivity index (χ2n) is 4.27. The standard InChI is InChI=1S/C13H12N4O2/c1-7-10(8-5-3-2-4-6-8)19-12-9(15-7)11(18)16-13(14)17-12/h2-6,10H,1H3,(H3,14,16,17,18). The third kappa shape index (κ3) is 1.97. The van der Waals surface area contributed by atoms with E-state index in [1.54, 1.807) is 0 Å².